The highest BCUT2D eigenvalue weighted by atomic mass is 16.3. The molecular formula is C4H9N3O2. The van der Waals surface area contributed by atoms with E-state index in [1.165, 1.54) is 6.92 Å². The molecule has 0 rings (SSSR count). The summed E-state index contributed by atoms with van der Waals surface area (Å²) in [5.74, 6) is 0. The molecule has 9 heavy (non-hydrogen) atoms. The third-order valence-corrected chi connectivity index (χ3v) is 0.967. The fourth-order valence-corrected chi connectivity index (χ4v) is 0.221. The summed E-state index contributed by atoms with van der Waals surface area (Å²) < 4.78 is 0. The smallest absolute Gasteiger partial charge is 0.0920 e. The summed E-state index contributed by atoms with van der Waals surface area (Å²) in [6, 6.07) is 0. The largest absolute Gasteiger partial charge is 0.396 e. The fraction of sp³-hybridized carbons (Fsp3) is 1.00. The Hall–Kier alpha value is -0.770. The Bertz CT molecular complexity index is 126. The zero-order valence-corrected chi connectivity index (χ0v) is 5.15. The van der Waals surface area contributed by atoms with Crippen LogP contribution in [0.1, 0.15) is 6.92 Å². The molecule has 0 amide bonds. The van der Waals surface area contributed by atoms with E-state index in [1.807, 2.05) is 0 Å². The summed E-state index contributed by atoms with van der Waals surface area (Å²) in [7, 11) is 0. The van der Waals surface area contributed by atoms with Gasteiger partial charge in [-0.1, -0.05) is 5.11 Å². The highest BCUT2D eigenvalue weighted by molar-refractivity contribution is 4.80. The molecule has 0 saturated carbocycles. The zero-order valence-electron chi connectivity index (χ0n) is 5.15. The van der Waals surface area contributed by atoms with E-state index in [2.05, 4.69) is 10.0 Å². The molecule has 2 N–H and O–H groups in total. The Kier molecular flexibility index (Phi) is 3.01. The normalized spacial score (nSPS) is 10.6. The van der Waals surface area contributed by atoms with Crippen molar-refractivity contribution in [1.82, 2.24) is 0 Å². The number of hydrogen-bond donors (Lipinski definition) is 2. The van der Waals surface area contributed by atoms with Gasteiger partial charge in [-0.05, 0) is 12.5 Å². The van der Waals surface area contributed by atoms with Gasteiger partial charge in [0.15, 0.2) is 0 Å². The molecule has 0 unspecified atom stereocenters. The number of aliphatic hydroxyl groups excluding tert-OH is 2. The highest BCUT2D eigenvalue weighted by Crippen LogP contribution is 2.06. The first-order chi connectivity index (χ1) is 4.18. The summed E-state index contributed by atoms with van der Waals surface area (Å²) in [6.07, 6.45) is 0. The van der Waals surface area contributed by atoms with Gasteiger partial charge in [0, 0.05) is 4.91 Å². The summed E-state index contributed by atoms with van der Waals surface area (Å²) >= 11 is 0. The Morgan fingerprint density at radius 1 is 1.56 bits per heavy atom. The summed E-state index contributed by atoms with van der Waals surface area (Å²) in [5, 5.41) is 20.2. The van der Waals surface area contributed by atoms with E-state index in [-0.39, 0.29) is 13.2 Å². The van der Waals surface area contributed by atoms with Crippen molar-refractivity contribution in [3.63, 3.8) is 0 Å². The minimum absolute atomic E-state index is 0.340. The van der Waals surface area contributed by atoms with Gasteiger partial charge in [0.25, 0.3) is 0 Å². The van der Waals surface area contributed by atoms with Crippen LogP contribution in [-0.4, -0.2) is 29.0 Å². The Balaban J connectivity index is 4.08. The second-order valence-electron chi connectivity index (χ2n) is 2.00. The van der Waals surface area contributed by atoms with Crippen molar-refractivity contribution < 1.29 is 10.2 Å². The quantitative estimate of drug-likeness (QED) is 0.321. The minimum Gasteiger partial charge on any atom is -0.396 e. The Morgan fingerprint density at radius 2 is 2.00 bits per heavy atom. The van der Waals surface area contributed by atoms with E-state index >= 15 is 0 Å². The molecule has 0 aliphatic carbocycles. The molecule has 0 bridgehead atoms. The summed E-state index contributed by atoms with van der Waals surface area (Å²) in [6.45, 7) is 0.786. The Labute approximate surface area is 52.6 Å². The second-order valence-corrected chi connectivity index (χ2v) is 2.00. The lowest BCUT2D eigenvalue weighted by Crippen LogP contribution is -2.30. The van der Waals surface area contributed by atoms with Crippen molar-refractivity contribution in [3.05, 3.63) is 10.4 Å². The van der Waals surface area contributed by atoms with Crippen molar-refractivity contribution >= 4 is 0 Å². The molecule has 0 fully saturated rings. The van der Waals surface area contributed by atoms with Gasteiger partial charge in [0.05, 0.1) is 18.8 Å². The maximum atomic E-state index is 8.49. The van der Waals surface area contributed by atoms with Gasteiger partial charge < -0.3 is 10.2 Å². The molecular weight excluding hydrogens is 122 g/mol. The molecule has 0 atom stereocenters. The molecule has 0 saturated heterocycles. The monoisotopic (exact) mass is 131 g/mol. The average molecular weight is 131 g/mol. The van der Waals surface area contributed by atoms with E-state index in [0.29, 0.717) is 0 Å². The van der Waals surface area contributed by atoms with Crippen molar-refractivity contribution in [1.29, 1.82) is 0 Å². The maximum absolute atomic E-state index is 8.49. The molecule has 5 heteroatoms. The molecule has 0 aliphatic heterocycles. The van der Waals surface area contributed by atoms with Crippen LogP contribution < -0.4 is 0 Å². The number of rotatable bonds is 3. The predicted molar refractivity (Wildman–Crippen MR) is 31.7 cm³/mol. The fourth-order valence-electron chi connectivity index (χ4n) is 0.221. The van der Waals surface area contributed by atoms with Gasteiger partial charge in [-0.15, -0.1) is 0 Å². The SMILES string of the molecule is CC(CO)(CO)N=[N+]=[N-]. The molecule has 52 valence electrons. The molecule has 0 aromatic carbocycles. The van der Waals surface area contributed by atoms with Crippen molar-refractivity contribution in [2.75, 3.05) is 13.2 Å². The van der Waals surface area contributed by atoms with Crippen LogP contribution in [0.15, 0.2) is 5.11 Å². The maximum Gasteiger partial charge on any atom is 0.0920 e. The zero-order chi connectivity index (χ0) is 7.33. The molecule has 5 nitrogen and oxygen atoms in total. The minimum atomic E-state index is -1.05. The second kappa shape index (κ2) is 3.29. The van der Waals surface area contributed by atoms with Gasteiger partial charge >= 0.3 is 0 Å². The van der Waals surface area contributed by atoms with Crippen LogP contribution in [-0.2, 0) is 0 Å². The van der Waals surface area contributed by atoms with Gasteiger partial charge in [0.2, 0.25) is 0 Å². The molecule has 0 spiro atoms. The van der Waals surface area contributed by atoms with E-state index < -0.39 is 5.54 Å². The first kappa shape index (κ1) is 8.23. The average Bonchev–Trinajstić information content (AvgIpc) is 1.89. The summed E-state index contributed by atoms with van der Waals surface area (Å²) in [5.41, 5.74) is 6.85. The Morgan fingerprint density at radius 3 is 2.11 bits per heavy atom. The van der Waals surface area contributed by atoms with Gasteiger partial charge in [-0.2, -0.15) is 0 Å². The summed E-state index contributed by atoms with van der Waals surface area (Å²) in [4.78, 5) is 2.45. The first-order valence-corrected chi connectivity index (χ1v) is 2.46. The third kappa shape index (κ3) is 2.32. The first-order valence-electron chi connectivity index (χ1n) is 2.46. The van der Waals surface area contributed by atoms with Crippen molar-refractivity contribution in [2.24, 2.45) is 5.11 Å². The van der Waals surface area contributed by atoms with Gasteiger partial charge in [-0.25, -0.2) is 0 Å². The topological polar surface area (TPSA) is 89.2 Å². The number of hydrogen-bond acceptors (Lipinski definition) is 3. The highest BCUT2D eigenvalue weighted by Gasteiger charge is 2.19. The third-order valence-electron chi connectivity index (χ3n) is 0.967. The van der Waals surface area contributed by atoms with Crippen LogP contribution in [0.5, 0.6) is 0 Å². The van der Waals surface area contributed by atoms with Crippen LogP contribution in [0.25, 0.3) is 10.4 Å². The van der Waals surface area contributed by atoms with Gasteiger partial charge in [0.1, 0.15) is 0 Å². The molecule has 0 aromatic heterocycles. The van der Waals surface area contributed by atoms with E-state index in [1.54, 1.807) is 0 Å². The van der Waals surface area contributed by atoms with E-state index in [0.717, 1.165) is 0 Å². The van der Waals surface area contributed by atoms with Crippen LogP contribution >= 0.6 is 0 Å². The van der Waals surface area contributed by atoms with Crippen LogP contribution in [0.3, 0.4) is 0 Å². The number of aliphatic hydroxyl groups is 2. The van der Waals surface area contributed by atoms with Crippen molar-refractivity contribution in [3.8, 4) is 0 Å². The van der Waals surface area contributed by atoms with Gasteiger partial charge in [-0.3, -0.25) is 0 Å². The molecule has 0 radical (unpaired) electrons. The predicted octanol–water partition coefficient (Wildman–Crippen LogP) is 0.0400. The van der Waals surface area contributed by atoms with Crippen molar-refractivity contribution in [2.45, 2.75) is 12.5 Å². The lowest BCUT2D eigenvalue weighted by atomic mass is 10.1. The van der Waals surface area contributed by atoms with E-state index in [9.17, 15) is 0 Å². The number of azide groups is 1. The van der Waals surface area contributed by atoms with Crippen LogP contribution in [0, 0.1) is 0 Å². The van der Waals surface area contributed by atoms with Crippen LogP contribution in [0.4, 0.5) is 0 Å². The van der Waals surface area contributed by atoms with Crippen LogP contribution in [0.2, 0.25) is 0 Å². The molecule has 0 aliphatic rings. The molecule has 0 aromatic rings. The lowest BCUT2D eigenvalue weighted by molar-refractivity contribution is 0.134. The standard InChI is InChI=1S/C4H9N3O2/c1-4(2-8,3-9)6-7-5/h8-9H,2-3H2,1H3. The van der Waals surface area contributed by atoms with E-state index in [4.69, 9.17) is 15.7 Å². The number of nitrogens with zero attached hydrogens (tertiary/aromatic N) is 3. The lowest BCUT2D eigenvalue weighted by Gasteiger charge is -2.15. The molecule has 0 heterocycles.